The first-order valence-corrected chi connectivity index (χ1v) is 3.50. The Balaban J connectivity index is 2.68. The first-order valence-electron chi connectivity index (χ1n) is 2.56. The van der Waals surface area contributed by atoms with Gasteiger partial charge in [0.05, 0.1) is 11.2 Å². The van der Waals surface area contributed by atoms with Crippen LogP contribution in [-0.4, -0.2) is 16.5 Å². The van der Waals surface area contributed by atoms with Crippen molar-refractivity contribution < 1.29 is 13.9 Å². The largest absolute Gasteiger partial charge is 0.381 e. The molecular formula is C5H5F2NOS. The molecule has 5 heteroatoms. The molecule has 0 fully saturated rings. The van der Waals surface area contributed by atoms with Gasteiger partial charge >= 0.3 is 0 Å². The Morgan fingerprint density at radius 1 is 1.60 bits per heavy atom. The third kappa shape index (κ3) is 1.48. The van der Waals surface area contributed by atoms with Crippen molar-refractivity contribution in [3.8, 4) is 0 Å². The molecule has 1 rings (SSSR count). The maximum Gasteiger partial charge on any atom is 0.269 e. The molecule has 1 N–H and O–H groups in total. The SMILES string of the molecule is OC(c1cscn1)C(F)F. The number of aliphatic hydroxyl groups is 1. The maximum atomic E-state index is 11.7. The van der Waals surface area contributed by atoms with Crippen LogP contribution in [0.2, 0.25) is 0 Å². The third-order valence-corrected chi connectivity index (χ3v) is 1.60. The van der Waals surface area contributed by atoms with Gasteiger partial charge in [0.15, 0.2) is 6.10 Å². The summed E-state index contributed by atoms with van der Waals surface area (Å²) in [5.74, 6) is 0. The van der Waals surface area contributed by atoms with Crippen molar-refractivity contribution in [2.45, 2.75) is 12.5 Å². The molecule has 2 nitrogen and oxygen atoms in total. The van der Waals surface area contributed by atoms with Gasteiger partial charge in [-0.25, -0.2) is 13.8 Å². The Hall–Kier alpha value is -0.550. The summed E-state index contributed by atoms with van der Waals surface area (Å²) in [6.45, 7) is 0. The van der Waals surface area contributed by atoms with Crippen LogP contribution in [0.4, 0.5) is 8.78 Å². The Morgan fingerprint density at radius 3 is 2.70 bits per heavy atom. The maximum absolute atomic E-state index is 11.7. The van der Waals surface area contributed by atoms with Gasteiger partial charge in [-0.3, -0.25) is 0 Å². The first-order chi connectivity index (χ1) is 4.72. The number of halogens is 2. The standard InChI is InChI=1S/C5H5F2NOS/c6-5(7)4(9)3-1-10-2-8-3/h1-2,4-5,9H. The number of aromatic nitrogens is 1. The summed E-state index contributed by atoms with van der Waals surface area (Å²) in [5.41, 5.74) is 1.45. The molecule has 1 aromatic heterocycles. The van der Waals surface area contributed by atoms with Gasteiger partial charge in [-0.2, -0.15) is 0 Å². The summed E-state index contributed by atoms with van der Waals surface area (Å²) in [6.07, 6.45) is -4.48. The molecule has 0 amide bonds. The Bertz CT molecular complexity index is 190. The highest BCUT2D eigenvalue weighted by Crippen LogP contribution is 2.19. The molecule has 0 aromatic carbocycles. The summed E-state index contributed by atoms with van der Waals surface area (Å²) in [4.78, 5) is 3.53. The van der Waals surface area contributed by atoms with E-state index < -0.39 is 12.5 Å². The fourth-order valence-electron chi connectivity index (χ4n) is 0.497. The van der Waals surface area contributed by atoms with Crippen molar-refractivity contribution in [1.82, 2.24) is 4.98 Å². The molecule has 1 aromatic rings. The lowest BCUT2D eigenvalue weighted by molar-refractivity contribution is -0.00787. The summed E-state index contributed by atoms with van der Waals surface area (Å²) in [7, 11) is 0. The van der Waals surface area contributed by atoms with Crippen LogP contribution in [0.3, 0.4) is 0 Å². The van der Waals surface area contributed by atoms with Crippen LogP contribution in [-0.2, 0) is 0 Å². The lowest BCUT2D eigenvalue weighted by Crippen LogP contribution is -2.07. The average molecular weight is 165 g/mol. The number of aliphatic hydroxyl groups excluding tert-OH is 1. The minimum Gasteiger partial charge on any atom is -0.381 e. The topological polar surface area (TPSA) is 33.1 Å². The second kappa shape index (κ2) is 3.03. The van der Waals surface area contributed by atoms with E-state index in [0.717, 1.165) is 0 Å². The molecule has 10 heavy (non-hydrogen) atoms. The Kier molecular flexibility index (Phi) is 2.29. The molecule has 0 aliphatic heterocycles. The molecule has 0 spiro atoms. The van der Waals surface area contributed by atoms with Crippen molar-refractivity contribution in [2.75, 3.05) is 0 Å². The molecule has 0 aliphatic carbocycles. The number of nitrogens with zero attached hydrogens (tertiary/aromatic N) is 1. The zero-order valence-electron chi connectivity index (χ0n) is 4.87. The van der Waals surface area contributed by atoms with E-state index in [9.17, 15) is 8.78 Å². The molecule has 0 saturated carbocycles. The van der Waals surface area contributed by atoms with E-state index in [-0.39, 0.29) is 5.69 Å². The van der Waals surface area contributed by atoms with Crippen LogP contribution in [0, 0.1) is 0 Å². The average Bonchev–Trinajstić information content (AvgIpc) is 2.36. The van der Waals surface area contributed by atoms with Crippen LogP contribution in [0.25, 0.3) is 0 Å². The van der Waals surface area contributed by atoms with E-state index in [1.54, 1.807) is 0 Å². The van der Waals surface area contributed by atoms with Gasteiger partial charge in [-0.1, -0.05) is 0 Å². The van der Waals surface area contributed by atoms with E-state index in [2.05, 4.69) is 4.98 Å². The monoisotopic (exact) mass is 165 g/mol. The molecule has 1 heterocycles. The van der Waals surface area contributed by atoms with Gasteiger partial charge in [-0.15, -0.1) is 11.3 Å². The summed E-state index contributed by atoms with van der Waals surface area (Å²) in [6, 6.07) is 0. The second-order valence-corrected chi connectivity index (χ2v) is 2.41. The molecular weight excluding hydrogens is 160 g/mol. The van der Waals surface area contributed by atoms with Gasteiger partial charge in [0.2, 0.25) is 0 Å². The predicted molar refractivity (Wildman–Crippen MR) is 33.1 cm³/mol. The summed E-state index contributed by atoms with van der Waals surface area (Å²) < 4.78 is 23.4. The minimum absolute atomic E-state index is 0.0417. The van der Waals surface area contributed by atoms with Gasteiger partial charge in [-0.05, 0) is 0 Å². The minimum atomic E-state index is -2.75. The molecule has 0 radical (unpaired) electrons. The Labute approximate surface area is 60.1 Å². The highest BCUT2D eigenvalue weighted by Gasteiger charge is 2.20. The van der Waals surface area contributed by atoms with Crippen molar-refractivity contribution in [2.24, 2.45) is 0 Å². The van der Waals surface area contributed by atoms with Crippen molar-refractivity contribution in [3.63, 3.8) is 0 Å². The smallest absolute Gasteiger partial charge is 0.269 e. The summed E-state index contributed by atoms with van der Waals surface area (Å²) in [5, 5.41) is 10.1. The summed E-state index contributed by atoms with van der Waals surface area (Å²) >= 11 is 1.18. The molecule has 1 atom stereocenters. The molecule has 0 aliphatic rings. The van der Waals surface area contributed by atoms with Crippen molar-refractivity contribution >= 4 is 11.3 Å². The predicted octanol–water partition coefficient (Wildman–Crippen LogP) is 1.44. The lowest BCUT2D eigenvalue weighted by Gasteiger charge is -2.03. The molecule has 0 bridgehead atoms. The normalized spacial score (nSPS) is 14.0. The van der Waals surface area contributed by atoms with E-state index in [4.69, 9.17) is 5.11 Å². The molecule has 0 saturated heterocycles. The van der Waals surface area contributed by atoms with Gasteiger partial charge in [0.1, 0.15) is 0 Å². The molecule has 56 valence electrons. The number of hydrogen-bond acceptors (Lipinski definition) is 3. The van der Waals surface area contributed by atoms with Crippen LogP contribution < -0.4 is 0 Å². The van der Waals surface area contributed by atoms with Gasteiger partial charge < -0.3 is 5.11 Å². The molecule has 1 unspecified atom stereocenters. The van der Waals surface area contributed by atoms with Gasteiger partial charge in [0, 0.05) is 5.38 Å². The first kappa shape index (κ1) is 7.56. The fourth-order valence-corrected chi connectivity index (χ4v) is 1.08. The zero-order chi connectivity index (χ0) is 7.56. The van der Waals surface area contributed by atoms with Gasteiger partial charge in [0.25, 0.3) is 6.43 Å². The van der Waals surface area contributed by atoms with Crippen molar-refractivity contribution in [3.05, 3.63) is 16.6 Å². The van der Waals surface area contributed by atoms with E-state index in [1.165, 1.54) is 22.2 Å². The van der Waals surface area contributed by atoms with Crippen LogP contribution >= 0.6 is 11.3 Å². The number of hydrogen-bond donors (Lipinski definition) is 1. The highest BCUT2D eigenvalue weighted by molar-refractivity contribution is 7.07. The van der Waals surface area contributed by atoms with Crippen LogP contribution in [0.5, 0.6) is 0 Å². The number of thiazole rings is 1. The zero-order valence-corrected chi connectivity index (χ0v) is 5.68. The third-order valence-electron chi connectivity index (χ3n) is 0.993. The fraction of sp³-hybridized carbons (Fsp3) is 0.400. The van der Waals surface area contributed by atoms with E-state index in [0.29, 0.717) is 0 Å². The second-order valence-electron chi connectivity index (χ2n) is 1.69. The quantitative estimate of drug-likeness (QED) is 0.719. The van der Waals surface area contributed by atoms with E-state index >= 15 is 0 Å². The van der Waals surface area contributed by atoms with Crippen molar-refractivity contribution in [1.29, 1.82) is 0 Å². The number of alkyl halides is 2. The lowest BCUT2D eigenvalue weighted by atomic mass is 10.3. The number of rotatable bonds is 2. The van der Waals surface area contributed by atoms with Crippen LogP contribution in [0.1, 0.15) is 11.8 Å². The van der Waals surface area contributed by atoms with Crippen LogP contribution in [0.15, 0.2) is 10.9 Å². The van der Waals surface area contributed by atoms with E-state index in [1.807, 2.05) is 0 Å². The highest BCUT2D eigenvalue weighted by atomic mass is 32.1. The Morgan fingerprint density at radius 2 is 2.30 bits per heavy atom.